The first-order valence-electron chi connectivity index (χ1n) is 7.83. The highest BCUT2D eigenvalue weighted by Crippen LogP contribution is 2.42. The number of hydrogen-bond acceptors (Lipinski definition) is 4. The molecule has 1 saturated carbocycles. The van der Waals surface area contributed by atoms with Crippen molar-refractivity contribution in [3.05, 3.63) is 23.8 Å². The lowest BCUT2D eigenvalue weighted by Crippen LogP contribution is -2.63. The molecule has 23 heavy (non-hydrogen) atoms. The molecule has 0 bridgehead atoms. The Bertz CT molecular complexity index is 535. The van der Waals surface area contributed by atoms with E-state index in [9.17, 15) is 0 Å². The van der Waals surface area contributed by atoms with E-state index in [1.807, 2.05) is 13.0 Å². The fraction of sp³-hybridized carbons (Fsp3) is 0.688. The van der Waals surface area contributed by atoms with Gasteiger partial charge in [0, 0.05) is 31.3 Å². The van der Waals surface area contributed by atoms with Gasteiger partial charge in [-0.3, -0.25) is 0 Å². The van der Waals surface area contributed by atoms with Crippen molar-refractivity contribution in [3.8, 4) is 0 Å². The molecule has 1 aliphatic carbocycles. The Balaban J connectivity index is 0.00000264. The van der Waals surface area contributed by atoms with Gasteiger partial charge in [0.05, 0.1) is 18.3 Å². The van der Waals surface area contributed by atoms with E-state index < -0.39 is 0 Å². The Kier molecular flexibility index (Phi) is 7.66. The molecule has 6 nitrogen and oxygen atoms in total. The van der Waals surface area contributed by atoms with Crippen LogP contribution in [0, 0.1) is 12.3 Å². The summed E-state index contributed by atoms with van der Waals surface area (Å²) in [6, 6.07) is 2.26. The van der Waals surface area contributed by atoms with Gasteiger partial charge in [0.1, 0.15) is 5.82 Å². The normalized spacial score (nSPS) is 22.7. The van der Waals surface area contributed by atoms with E-state index in [0.717, 1.165) is 30.4 Å². The van der Waals surface area contributed by atoms with Crippen LogP contribution in [0.1, 0.15) is 38.7 Å². The molecule has 0 amide bonds. The van der Waals surface area contributed by atoms with Gasteiger partial charge in [-0.25, -0.2) is 15.0 Å². The first-order chi connectivity index (χ1) is 10.5. The van der Waals surface area contributed by atoms with Gasteiger partial charge >= 0.3 is 0 Å². The molecule has 1 heterocycles. The largest absolute Gasteiger partial charge is 0.381 e. The predicted octanol–water partition coefficient (Wildman–Crippen LogP) is 2.27. The fourth-order valence-electron chi connectivity index (χ4n) is 2.77. The highest BCUT2D eigenvalue weighted by molar-refractivity contribution is 14.0. The molecule has 0 saturated heterocycles. The van der Waals surface area contributed by atoms with Crippen LogP contribution in [0.25, 0.3) is 0 Å². The van der Waals surface area contributed by atoms with Crippen molar-refractivity contribution in [2.45, 2.75) is 52.8 Å². The zero-order valence-corrected chi connectivity index (χ0v) is 16.9. The third kappa shape index (κ3) is 5.00. The van der Waals surface area contributed by atoms with Crippen LogP contribution in [-0.4, -0.2) is 41.7 Å². The highest BCUT2D eigenvalue weighted by Gasteiger charge is 2.48. The van der Waals surface area contributed by atoms with E-state index in [0.29, 0.717) is 18.7 Å². The van der Waals surface area contributed by atoms with Crippen molar-refractivity contribution >= 4 is 29.9 Å². The minimum atomic E-state index is 0. The highest BCUT2D eigenvalue weighted by atomic mass is 127. The van der Waals surface area contributed by atoms with Crippen LogP contribution in [0.15, 0.2) is 17.3 Å². The number of guanidine groups is 1. The van der Waals surface area contributed by atoms with Crippen LogP contribution in [0.3, 0.4) is 0 Å². The summed E-state index contributed by atoms with van der Waals surface area (Å²) in [5.41, 5.74) is 1.03. The van der Waals surface area contributed by atoms with Crippen molar-refractivity contribution < 1.29 is 4.74 Å². The number of ether oxygens (including phenoxy) is 1. The summed E-state index contributed by atoms with van der Waals surface area (Å²) in [5, 5.41) is 6.80. The minimum absolute atomic E-state index is 0. The minimum Gasteiger partial charge on any atom is -0.381 e. The van der Waals surface area contributed by atoms with Crippen LogP contribution in [0.4, 0.5) is 0 Å². The molecule has 0 aromatic carbocycles. The summed E-state index contributed by atoms with van der Waals surface area (Å²) >= 11 is 0. The number of aromatic nitrogens is 2. The van der Waals surface area contributed by atoms with Crippen molar-refractivity contribution in [2.24, 2.45) is 10.4 Å². The molecular formula is C16H28IN5O. The second-order valence-corrected chi connectivity index (χ2v) is 6.27. The second kappa shape index (κ2) is 8.77. The number of nitrogens with zero attached hydrogens (tertiary/aromatic N) is 3. The predicted molar refractivity (Wildman–Crippen MR) is 103 cm³/mol. The van der Waals surface area contributed by atoms with Gasteiger partial charge in [-0.05, 0) is 26.3 Å². The van der Waals surface area contributed by atoms with E-state index in [2.05, 4.69) is 46.4 Å². The quantitative estimate of drug-likeness (QED) is 0.424. The van der Waals surface area contributed by atoms with E-state index in [1.54, 1.807) is 13.3 Å². The Morgan fingerprint density at radius 2 is 2.22 bits per heavy atom. The maximum absolute atomic E-state index is 5.50. The zero-order chi connectivity index (χ0) is 16.2. The van der Waals surface area contributed by atoms with Gasteiger partial charge in [-0.15, -0.1) is 24.0 Å². The lowest BCUT2D eigenvalue weighted by atomic mass is 9.64. The monoisotopic (exact) mass is 433 g/mol. The van der Waals surface area contributed by atoms with Crippen LogP contribution in [-0.2, 0) is 11.3 Å². The number of rotatable bonds is 5. The molecule has 1 fully saturated rings. The first kappa shape index (κ1) is 20.1. The van der Waals surface area contributed by atoms with Gasteiger partial charge < -0.3 is 15.4 Å². The Morgan fingerprint density at radius 3 is 2.78 bits per heavy atom. The number of nitrogens with one attached hydrogen (secondary N) is 2. The van der Waals surface area contributed by atoms with Crippen LogP contribution >= 0.6 is 24.0 Å². The molecule has 0 radical (unpaired) electrons. The summed E-state index contributed by atoms with van der Waals surface area (Å²) in [6.07, 6.45) is 3.07. The SMILES string of the molecule is CCNC(=NCc1ccnc(C)n1)NC1CC(OC)C1(C)C.I. The second-order valence-electron chi connectivity index (χ2n) is 6.27. The molecule has 2 N–H and O–H groups in total. The number of methoxy groups -OCH3 is 1. The summed E-state index contributed by atoms with van der Waals surface area (Å²) in [7, 11) is 1.78. The van der Waals surface area contributed by atoms with Gasteiger partial charge in [-0.1, -0.05) is 13.8 Å². The third-order valence-corrected chi connectivity index (χ3v) is 4.35. The van der Waals surface area contributed by atoms with E-state index in [-0.39, 0.29) is 29.4 Å². The summed E-state index contributed by atoms with van der Waals surface area (Å²) < 4.78 is 5.50. The number of aliphatic imine (C=N–C) groups is 1. The molecular weight excluding hydrogens is 405 g/mol. The maximum atomic E-state index is 5.50. The summed E-state index contributed by atoms with van der Waals surface area (Å²) in [6.45, 7) is 9.77. The number of aryl methyl sites for hydroxylation is 1. The Labute approximate surface area is 155 Å². The van der Waals surface area contributed by atoms with Crippen molar-refractivity contribution in [1.29, 1.82) is 0 Å². The van der Waals surface area contributed by atoms with Gasteiger partial charge in [0.25, 0.3) is 0 Å². The average molecular weight is 433 g/mol. The van der Waals surface area contributed by atoms with Crippen molar-refractivity contribution in [2.75, 3.05) is 13.7 Å². The molecule has 2 rings (SSSR count). The third-order valence-electron chi connectivity index (χ3n) is 4.35. The Morgan fingerprint density at radius 1 is 1.48 bits per heavy atom. The molecule has 0 spiro atoms. The average Bonchev–Trinajstić information content (AvgIpc) is 2.48. The smallest absolute Gasteiger partial charge is 0.191 e. The van der Waals surface area contributed by atoms with Gasteiger partial charge in [0.15, 0.2) is 5.96 Å². The first-order valence-corrected chi connectivity index (χ1v) is 7.83. The molecule has 2 atom stereocenters. The molecule has 130 valence electrons. The lowest BCUT2D eigenvalue weighted by Gasteiger charge is -2.51. The van der Waals surface area contributed by atoms with Crippen LogP contribution < -0.4 is 10.6 Å². The van der Waals surface area contributed by atoms with Gasteiger partial charge in [-0.2, -0.15) is 0 Å². The van der Waals surface area contributed by atoms with Crippen molar-refractivity contribution in [3.63, 3.8) is 0 Å². The van der Waals surface area contributed by atoms with Crippen molar-refractivity contribution in [1.82, 2.24) is 20.6 Å². The molecule has 7 heteroatoms. The molecule has 1 aliphatic rings. The molecule has 1 aromatic rings. The van der Waals surface area contributed by atoms with Gasteiger partial charge in [0.2, 0.25) is 0 Å². The standard InChI is InChI=1S/C16H27N5O.HI/c1-6-17-15(19-10-12-7-8-18-11(2)20-12)21-13-9-14(22-5)16(13,3)4;/h7-8,13-14H,6,9-10H2,1-5H3,(H2,17,19,21);1H. The molecule has 1 aromatic heterocycles. The topological polar surface area (TPSA) is 71.4 Å². The number of halogens is 1. The maximum Gasteiger partial charge on any atom is 0.191 e. The van der Waals surface area contributed by atoms with E-state index >= 15 is 0 Å². The van der Waals surface area contributed by atoms with E-state index in [1.165, 1.54) is 0 Å². The Hall–Kier alpha value is -0.960. The molecule has 2 unspecified atom stereocenters. The van der Waals surface area contributed by atoms with E-state index in [4.69, 9.17) is 4.74 Å². The van der Waals surface area contributed by atoms with Crippen LogP contribution in [0.2, 0.25) is 0 Å². The fourth-order valence-corrected chi connectivity index (χ4v) is 2.77. The summed E-state index contributed by atoms with van der Waals surface area (Å²) in [5.74, 6) is 1.60. The zero-order valence-electron chi connectivity index (χ0n) is 14.6. The van der Waals surface area contributed by atoms with Crippen LogP contribution in [0.5, 0.6) is 0 Å². The lowest BCUT2D eigenvalue weighted by molar-refractivity contribution is -0.0922. The number of hydrogen-bond donors (Lipinski definition) is 2. The summed E-state index contributed by atoms with van der Waals surface area (Å²) in [4.78, 5) is 13.1. The molecule has 0 aliphatic heterocycles.